The zero-order valence-electron chi connectivity index (χ0n) is 7.59. The molecule has 0 fully saturated rings. The Labute approximate surface area is 84.5 Å². The van der Waals surface area contributed by atoms with Crippen molar-refractivity contribution in [2.24, 2.45) is 0 Å². The van der Waals surface area contributed by atoms with Crippen LogP contribution in [-0.2, 0) is 0 Å². The molecule has 0 aliphatic rings. The molecular weight excluding hydrogens is 172 g/mol. The number of hydrogen-bond acceptors (Lipinski definition) is 1. The second kappa shape index (κ2) is 10.7. The lowest BCUT2D eigenvalue weighted by atomic mass is 10.4. The number of aliphatic hydroxyl groups is 1. The van der Waals surface area contributed by atoms with Crippen LogP contribution >= 0.6 is 0 Å². The molecule has 1 N–H and O–H groups in total. The van der Waals surface area contributed by atoms with Crippen molar-refractivity contribution in [2.75, 3.05) is 6.61 Å². The van der Waals surface area contributed by atoms with E-state index in [1.54, 1.807) is 0 Å². The maximum atomic E-state index is 8.35. The van der Waals surface area contributed by atoms with Gasteiger partial charge >= 0.3 is 0 Å². The molecule has 0 rings (SSSR count). The van der Waals surface area contributed by atoms with Crippen LogP contribution in [0.4, 0.5) is 0 Å². The molecule has 0 bridgehead atoms. The van der Waals surface area contributed by atoms with E-state index in [0.29, 0.717) is 0 Å². The Bertz CT molecular complexity index is 436. The van der Waals surface area contributed by atoms with Gasteiger partial charge in [-0.2, -0.15) is 0 Å². The molecule has 66 valence electrons. The second-order valence-corrected chi connectivity index (χ2v) is 1.83. The first kappa shape index (κ1) is 11.7. The minimum Gasteiger partial charge on any atom is -0.392 e. The lowest BCUT2D eigenvalue weighted by Gasteiger charge is -1.67. The Morgan fingerprint density at radius 1 is 0.929 bits per heavy atom. The van der Waals surface area contributed by atoms with Crippen LogP contribution in [0.3, 0.4) is 0 Å². The molecule has 1 heteroatoms. The van der Waals surface area contributed by atoms with Crippen LogP contribution in [0.15, 0.2) is 24.8 Å². The van der Waals surface area contributed by atoms with Crippen LogP contribution in [0.1, 0.15) is 0 Å². The fraction of sp³-hybridized carbons (Fsp3) is 0.0769. The molecule has 0 aromatic rings. The Balaban J connectivity index is 4.02. The van der Waals surface area contributed by atoms with Crippen molar-refractivity contribution >= 4 is 0 Å². The van der Waals surface area contributed by atoms with E-state index in [2.05, 4.69) is 53.9 Å². The highest BCUT2D eigenvalue weighted by atomic mass is 16.2. The van der Waals surface area contributed by atoms with Crippen LogP contribution in [-0.4, -0.2) is 11.7 Å². The van der Waals surface area contributed by atoms with Gasteiger partial charge in [0.1, 0.15) is 0 Å². The molecule has 0 saturated heterocycles. The van der Waals surface area contributed by atoms with Gasteiger partial charge in [-0.1, -0.05) is 24.5 Å². The van der Waals surface area contributed by atoms with E-state index in [9.17, 15) is 0 Å². The maximum absolute atomic E-state index is 8.35. The largest absolute Gasteiger partial charge is 0.392 e. The number of rotatable bonds is 1. The Morgan fingerprint density at radius 3 is 2.07 bits per heavy atom. The van der Waals surface area contributed by atoms with E-state index < -0.39 is 0 Å². The van der Waals surface area contributed by atoms with Crippen molar-refractivity contribution < 1.29 is 5.11 Å². The summed E-state index contributed by atoms with van der Waals surface area (Å²) < 4.78 is 0. The normalized spacial score (nSPS) is 6.36. The zero-order chi connectivity index (χ0) is 10.5. The van der Waals surface area contributed by atoms with Crippen molar-refractivity contribution in [1.82, 2.24) is 0 Å². The van der Waals surface area contributed by atoms with Gasteiger partial charge < -0.3 is 5.11 Å². The van der Waals surface area contributed by atoms with Crippen LogP contribution < -0.4 is 0 Å². The highest BCUT2D eigenvalue weighted by Crippen LogP contribution is 1.65. The van der Waals surface area contributed by atoms with E-state index in [-0.39, 0.29) is 6.61 Å². The van der Waals surface area contributed by atoms with E-state index in [1.807, 2.05) is 0 Å². The van der Waals surface area contributed by atoms with E-state index in [4.69, 9.17) is 5.11 Å². The van der Waals surface area contributed by atoms with Crippen LogP contribution in [0.5, 0.6) is 0 Å². The molecule has 0 aromatic carbocycles. The fourth-order valence-electron chi connectivity index (χ4n) is 0.401. The maximum Gasteiger partial charge on any atom is 0.0621 e. The Kier molecular flexibility index (Phi) is 8.91. The number of aliphatic hydroxyl groups excluding tert-OH is 1. The van der Waals surface area contributed by atoms with Gasteiger partial charge in [0.15, 0.2) is 0 Å². The molecule has 0 spiro atoms. The third-order valence-corrected chi connectivity index (χ3v) is 0.865. The van der Waals surface area contributed by atoms with Gasteiger partial charge in [-0.25, -0.2) is 0 Å². The average molecular weight is 180 g/mol. The van der Waals surface area contributed by atoms with E-state index in [1.165, 1.54) is 18.2 Å². The average Bonchev–Trinajstić information content (AvgIpc) is 2.21. The monoisotopic (exact) mass is 180 g/mol. The molecule has 1 nitrogen and oxygen atoms in total. The van der Waals surface area contributed by atoms with Crippen molar-refractivity contribution in [3.63, 3.8) is 0 Å². The predicted molar refractivity (Wildman–Crippen MR) is 57.5 cm³/mol. The quantitative estimate of drug-likeness (QED) is 0.590. The van der Waals surface area contributed by atoms with E-state index >= 15 is 0 Å². The summed E-state index contributed by atoms with van der Waals surface area (Å²) in [4.78, 5) is 0. The molecule has 0 saturated carbocycles. The van der Waals surface area contributed by atoms with Crippen molar-refractivity contribution in [3.8, 4) is 47.4 Å². The minimum absolute atomic E-state index is 0.0148. The minimum atomic E-state index is -0.0148. The lowest BCUT2D eigenvalue weighted by molar-refractivity contribution is 0.343. The van der Waals surface area contributed by atoms with Gasteiger partial charge in [-0.15, -0.1) is 0 Å². The zero-order valence-corrected chi connectivity index (χ0v) is 7.59. The summed E-state index contributed by atoms with van der Waals surface area (Å²) in [5, 5.41) is 8.35. The summed E-state index contributed by atoms with van der Waals surface area (Å²) in [6.07, 6.45) is 4.51. The third kappa shape index (κ3) is 9.68. The first-order valence-corrected chi connectivity index (χ1v) is 3.79. The fourth-order valence-corrected chi connectivity index (χ4v) is 0.401. The summed E-state index contributed by atoms with van der Waals surface area (Å²) in [6, 6.07) is 0. The topological polar surface area (TPSA) is 20.2 Å². The second-order valence-electron chi connectivity index (χ2n) is 1.83. The van der Waals surface area contributed by atoms with Gasteiger partial charge in [0.25, 0.3) is 0 Å². The molecule has 0 aliphatic heterocycles. The first-order valence-electron chi connectivity index (χ1n) is 3.79. The summed E-state index contributed by atoms with van der Waals surface area (Å²) >= 11 is 0. The SMILES string of the molecule is C=CC#CC#CC#CC#C/C=C/CO. The van der Waals surface area contributed by atoms with Gasteiger partial charge in [-0.05, 0) is 47.7 Å². The van der Waals surface area contributed by atoms with Crippen LogP contribution in [0.25, 0.3) is 0 Å². The summed E-state index contributed by atoms with van der Waals surface area (Å²) in [7, 11) is 0. The molecule has 0 unspecified atom stereocenters. The van der Waals surface area contributed by atoms with Crippen LogP contribution in [0, 0.1) is 47.4 Å². The third-order valence-electron chi connectivity index (χ3n) is 0.865. The molecule has 0 heterocycles. The van der Waals surface area contributed by atoms with Crippen molar-refractivity contribution in [3.05, 3.63) is 24.8 Å². The lowest BCUT2D eigenvalue weighted by Crippen LogP contribution is -1.67. The van der Waals surface area contributed by atoms with Gasteiger partial charge in [-0.3, -0.25) is 0 Å². The van der Waals surface area contributed by atoms with Crippen molar-refractivity contribution in [1.29, 1.82) is 0 Å². The molecule has 0 aromatic heterocycles. The van der Waals surface area contributed by atoms with E-state index in [0.717, 1.165) is 0 Å². The molecule has 0 amide bonds. The highest BCUT2D eigenvalue weighted by molar-refractivity contribution is 5.41. The Hall–Kier alpha value is -2.32. The van der Waals surface area contributed by atoms with Crippen molar-refractivity contribution in [2.45, 2.75) is 0 Å². The van der Waals surface area contributed by atoms with Gasteiger partial charge in [0.05, 0.1) is 6.61 Å². The summed E-state index contributed by atoms with van der Waals surface area (Å²) in [6.45, 7) is 3.39. The first-order chi connectivity index (χ1) is 6.91. The number of allylic oxidation sites excluding steroid dienone is 2. The van der Waals surface area contributed by atoms with Gasteiger partial charge in [0, 0.05) is 0 Å². The molecule has 0 atom stereocenters. The molecule has 14 heavy (non-hydrogen) atoms. The highest BCUT2D eigenvalue weighted by Gasteiger charge is 1.60. The predicted octanol–water partition coefficient (Wildman–Crippen LogP) is 0.734. The standard InChI is InChI=1S/C13H8O/c1-2-3-4-5-6-7-8-9-10-11-12-13-14/h2,11-12,14H,1,13H2/b12-11+. The van der Waals surface area contributed by atoms with Crippen LogP contribution in [0.2, 0.25) is 0 Å². The molecular formula is C13H8O. The Morgan fingerprint density at radius 2 is 1.50 bits per heavy atom. The molecule has 0 radical (unpaired) electrons. The summed E-state index contributed by atoms with van der Waals surface area (Å²) in [5.74, 6) is 20.2. The van der Waals surface area contributed by atoms with Gasteiger partial charge in [0.2, 0.25) is 0 Å². The summed E-state index contributed by atoms with van der Waals surface area (Å²) in [5.41, 5.74) is 0. The smallest absolute Gasteiger partial charge is 0.0621 e. The number of hydrogen-bond donors (Lipinski definition) is 1. The molecule has 0 aliphatic carbocycles.